The Labute approximate surface area is 217 Å². The number of hydrogen-bond donors (Lipinski definition) is 2. The average Bonchev–Trinajstić information content (AvgIpc) is 3.26. The zero-order chi connectivity index (χ0) is 26.3. The third-order valence-corrected chi connectivity index (χ3v) is 5.82. The van der Waals surface area contributed by atoms with Crippen LogP contribution in [0.3, 0.4) is 0 Å². The number of benzene rings is 2. The highest BCUT2D eigenvalue weighted by Crippen LogP contribution is 2.27. The second-order valence-electron chi connectivity index (χ2n) is 9.51. The molecule has 192 valence electrons. The molecule has 9 heteroatoms. The molecule has 0 spiro atoms. The van der Waals surface area contributed by atoms with Gasteiger partial charge in [-0.15, -0.1) is 0 Å². The predicted octanol–water partition coefficient (Wildman–Crippen LogP) is 6.10. The number of aromatic nitrogens is 2. The predicted molar refractivity (Wildman–Crippen MR) is 144 cm³/mol. The number of methoxy groups -OCH3 is 1. The fourth-order valence-corrected chi connectivity index (χ4v) is 3.64. The highest BCUT2D eigenvalue weighted by molar-refractivity contribution is 6.30. The molecule has 0 bridgehead atoms. The van der Waals surface area contributed by atoms with Crippen molar-refractivity contribution in [2.75, 3.05) is 30.8 Å². The maximum absolute atomic E-state index is 13.1. The Morgan fingerprint density at radius 2 is 1.78 bits per heavy atom. The van der Waals surface area contributed by atoms with Crippen molar-refractivity contribution in [2.45, 2.75) is 46.0 Å². The van der Waals surface area contributed by atoms with Gasteiger partial charge >= 0.3 is 6.03 Å². The number of rotatable bonds is 9. The molecule has 0 aliphatic rings. The molecule has 2 N–H and O–H groups in total. The molecule has 0 radical (unpaired) electrons. The van der Waals surface area contributed by atoms with E-state index in [2.05, 4.69) is 31.4 Å². The summed E-state index contributed by atoms with van der Waals surface area (Å²) in [6, 6.07) is 15.9. The van der Waals surface area contributed by atoms with E-state index in [4.69, 9.17) is 21.4 Å². The van der Waals surface area contributed by atoms with Crippen molar-refractivity contribution in [2.24, 2.45) is 0 Å². The first-order chi connectivity index (χ1) is 17.1. The zero-order valence-corrected chi connectivity index (χ0v) is 22.2. The van der Waals surface area contributed by atoms with Crippen molar-refractivity contribution in [3.05, 3.63) is 65.3 Å². The Kier molecular flexibility index (Phi) is 8.98. The lowest BCUT2D eigenvalue weighted by Gasteiger charge is -2.23. The smallest absolute Gasteiger partial charge is 0.322 e. The molecule has 1 heterocycles. The summed E-state index contributed by atoms with van der Waals surface area (Å²) in [7, 11) is 1.54. The van der Waals surface area contributed by atoms with E-state index in [1.165, 1.54) is 4.90 Å². The summed E-state index contributed by atoms with van der Waals surface area (Å²) in [5, 5.41) is 11.1. The number of amides is 3. The van der Waals surface area contributed by atoms with E-state index >= 15 is 0 Å². The summed E-state index contributed by atoms with van der Waals surface area (Å²) in [5.74, 6) is 0.747. The lowest BCUT2D eigenvalue weighted by molar-refractivity contribution is -0.116. The lowest BCUT2D eigenvalue weighted by Crippen LogP contribution is -2.41. The van der Waals surface area contributed by atoms with Gasteiger partial charge in [-0.05, 0) is 42.8 Å². The topological polar surface area (TPSA) is 88.5 Å². The molecule has 0 aliphatic carbocycles. The summed E-state index contributed by atoms with van der Waals surface area (Å²) < 4.78 is 7.01. The van der Waals surface area contributed by atoms with Crippen LogP contribution >= 0.6 is 11.6 Å². The minimum Gasteiger partial charge on any atom is -0.495 e. The molecule has 36 heavy (non-hydrogen) atoms. The molecule has 3 amide bonds. The normalized spacial score (nSPS) is 11.2. The number of carbonyl (C=O) groups excluding carboxylic acids is 2. The average molecular weight is 512 g/mol. The Balaban J connectivity index is 1.81. The van der Waals surface area contributed by atoms with Crippen molar-refractivity contribution >= 4 is 35.0 Å². The molecular formula is C27H34ClN5O3. The van der Waals surface area contributed by atoms with Crippen LogP contribution in [0, 0.1) is 0 Å². The van der Waals surface area contributed by atoms with Gasteiger partial charge in [0.2, 0.25) is 5.91 Å². The number of nitrogens with one attached hydrogen (secondary N) is 2. The van der Waals surface area contributed by atoms with Crippen molar-refractivity contribution in [3.8, 4) is 11.4 Å². The zero-order valence-electron chi connectivity index (χ0n) is 21.5. The standard InChI is InChI=1S/C27H34ClN5O3/c1-6-7-16-32(26(35)29-21-10-8-9-11-22(21)36-5)18-25(34)30-24-17-23(27(2,3)4)31-33(24)20-14-12-19(28)13-15-20/h8-15,17H,6-7,16,18H2,1-5H3,(H,29,35)(H,30,34). The van der Waals surface area contributed by atoms with Gasteiger partial charge in [-0.25, -0.2) is 9.48 Å². The monoisotopic (exact) mass is 511 g/mol. The summed E-state index contributed by atoms with van der Waals surface area (Å²) >= 11 is 6.06. The van der Waals surface area contributed by atoms with E-state index in [0.29, 0.717) is 28.8 Å². The van der Waals surface area contributed by atoms with Crippen LogP contribution in [0.2, 0.25) is 5.02 Å². The molecule has 0 saturated heterocycles. The van der Waals surface area contributed by atoms with Gasteiger partial charge in [-0.1, -0.05) is 57.8 Å². The van der Waals surface area contributed by atoms with Gasteiger partial charge in [-0.3, -0.25) is 4.79 Å². The van der Waals surface area contributed by atoms with Gasteiger partial charge in [-0.2, -0.15) is 5.10 Å². The number of carbonyl (C=O) groups is 2. The summed E-state index contributed by atoms with van der Waals surface area (Å²) in [6.07, 6.45) is 1.65. The Bertz CT molecular complexity index is 1180. The van der Waals surface area contributed by atoms with Crippen molar-refractivity contribution in [1.82, 2.24) is 14.7 Å². The van der Waals surface area contributed by atoms with Crippen LogP contribution in [0.5, 0.6) is 5.75 Å². The van der Waals surface area contributed by atoms with Gasteiger partial charge < -0.3 is 20.3 Å². The number of anilines is 2. The van der Waals surface area contributed by atoms with Crippen molar-refractivity contribution in [3.63, 3.8) is 0 Å². The highest BCUT2D eigenvalue weighted by atomic mass is 35.5. The molecule has 1 aromatic heterocycles. The molecule has 0 unspecified atom stereocenters. The van der Waals surface area contributed by atoms with E-state index in [1.54, 1.807) is 36.1 Å². The third-order valence-electron chi connectivity index (χ3n) is 5.57. The van der Waals surface area contributed by atoms with E-state index in [9.17, 15) is 9.59 Å². The Morgan fingerprint density at radius 3 is 2.42 bits per heavy atom. The number of hydrogen-bond acceptors (Lipinski definition) is 4. The third kappa shape index (κ3) is 7.01. The van der Waals surface area contributed by atoms with Gasteiger partial charge in [0.05, 0.1) is 24.2 Å². The second-order valence-corrected chi connectivity index (χ2v) is 9.94. The fourth-order valence-electron chi connectivity index (χ4n) is 3.52. The van der Waals surface area contributed by atoms with Gasteiger partial charge in [0.1, 0.15) is 18.1 Å². The summed E-state index contributed by atoms with van der Waals surface area (Å²) in [4.78, 5) is 27.7. The largest absolute Gasteiger partial charge is 0.495 e. The SMILES string of the molecule is CCCCN(CC(=O)Nc1cc(C(C)(C)C)nn1-c1ccc(Cl)cc1)C(=O)Nc1ccccc1OC. The van der Waals surface area contributed by atoms with Crippen molar-refractivity contribution in [1.29, 1.82) is 0 Å². The molecule has 0 saturated carbocycles. The van der Waals surface area contributed by atoms with Crippen LogP contribution in [0.25, 0.3) is 5.69 Å². The first-order valence-corrected chi connectivity index (χ1v) is 12.4. The Morgan fingerprint density at radius 1 is 1.08 bits per heavy atom. The molecule has 0 aliphatic heterocycles. The fraction of sp³-hybridized carbons (Fsp3) is 0.370. The van der Waals surface area contributed by atoms with Crippen LogP contribution < -0.4 is 15.4 Å². The molecular weight excluding hydrogens is 478 g/mol. The maximum Gasteiger partial charge on any atom is 0.322 e. The van der Waals surface area contributed by atoms with E-state index in [0.717, 1.165) is 24.2 Å². The molecule has 2 aromatic carbocycles. The summed E-state index contributed by atoms with van der Waals surface area (Å²) in [5.41, 5.74) is 1.91. The van der Waals surface area contributed by atoms with Gasteiger partial charge in [0.25, 0.3) is 0 Å². The van der Waals surface area contributed by atoms with E-state index < -0.39 is 0 Å². The first kappa shape index (κ1) is 27.1. The highest BCUT2D eigenvalue weighted by Gasteiger charge is 2.23. The molecule has 3 aromatic rings. The lowest BCUT2D eigenvalue weighted by atomic mass is 9.92. The first-order valence-electron chi connectivity index (χ1n) is 12.0. The number of halogens is 1. The van der Waals surface area contributed by atoms with E-state index in [-0.39, 0.29) is 23.9 Å². The molecule has 0 atom stereocenters. The number of nitrogens with zero attached hydrogens (tertiary/aromatic N) is 3. The number of para-hydroxylation sites is 2. The molecule has 0 fully saturated rings. The maximum atomic E-state index is 13.1. The van der Waals surface area contributed by atoms with Crippen LogP contribution in [0.1, 0.15) is 46.2 Å². The molecule has 3 rings (SSSR count). The second kappa shape index (κ2) is 11.9. The number of urea groups is 1. The van der Waals surface area contributed by atoms with Crippen LogP contribution in [0.15, 0.2) is 54.6 Å². The minimum atomic E-state index is -0.371. The van der Waals surface area contributed by atoms with Gasteiger partial charge in [0, 0.05) is 23.0 Å². The van der Waals surface area contributed by atoms with Crippen LogP contribution in [-0.4, -0.2) is 46.8 Å². The van der Waals surface area contributed by atoms with Crippen LogP contribution in [-0.2, 0) is 10.2 Å². The number of unbranched alkanes of at least 4 members (excludes halogenated alkanes) is 1. The number of ether oxygens (including phenoxy) is 1. The molecule has 8 nitrogen and oxygen atoms in total. The van der Waals surface area contributed by atoms with Crippen molar-refractivity contribution < 1.29 is 14.3 Å². The summed E-state index contributed by atoms with van der Waals surface area (Å²) in [6.45, 7) is 8.53. The van der Waals surface area contributed by atoms with E-state index in [1.807, 2.05) is 37.3 Å². The van der Waals surface area contributed by atoms with Crippen LogP contribution in [0.4, 0.5) is 16.3 Å². The quantitative estimate of drug-likeness (QED) is 0.363. The Hall–Kier alpha value is -3.52. The minimum absolute atomic E-state index is 0.113. The van der Waals surface area contributed by atoms with Gasteiger partial charge in [0.15, 0.2) is 0 Å².